The molecule has 0 aromatic rings. The predicted molar refractivity (Wildman–Crippen MR) is 57.6 cm³/mol. The lowest BCUT2D eigenvalue weighted by atomic mass is 9.91. The molecule has 0 aromatic carbocycles. The molecule has 0 amide bonds. The summed E-state index contributed by atoms with van der Waals surface area (Å²) < 4.78 is 218. The predicted octanol–water partition coefficient (Wildman–Crippen LogP) is 3.79. The van der Waals surface area contributed by atoms with E-state index in [-0.39, 0.29) is 0 Å². The molecule has 0 saturated heterocycles. The third-order valence-corrected chi connectivity index (χ3v) is 2.60. The fourth-order valence-electron chi connectivity index (χ4n) is 1.10. The molecule has 182 valence electrons. The molecule has 6 nitrogen and oxygen atoms in total. The lowest BCUT2D eigenvalue weighted by molar-refractivity contribution is -0.450. The van der Waals surface area contributed by atoms with Gasteiger partial charge in [-0.1, -0.05) is 0 Å². The Hall–Kier alpha value is -1.71. The summed E-state index contributed by atoms with van der Waals surface area (Å²) in [6.45, 7) is 0. The van der Waals surface area contributed by atoms with Crippen LogP contribution in [-0.2, 0) is 15.2 Å². The van der Waals surface area contributed by atoms with Gasteiger partial charge in [0.15, 0.2) is 0 Å². The molecule has 0 aliphatic carbocycles. The average Bonchev–Trinajstić information content (AvgIpc) is 2.42. The van der Waals surface area contributed by atoms with Gasteiger partial charge in [-0.15, -0.1) is 0 Å². The maximum atomic E-state index is 12.8. The van der Waals surface area contributed by atoms with E-state index in [0.29, 0.717) is 0 Å². The summed E-state index contributed by atoms with van der Waals surface area (Å²) in [7, 11) is -4.67. The molecule has 0 atom stereocenters. The molecule has 0 heterocycles. The minimum atomic E-state index is -8.47. The molecular formula is C8H3F15O6S. The highest BCUT2D eigenvalue weighted by Crippen LogP contribution is 2.62. The van der Waals surface area contributed by atoms with E-state index in [4.69, 9.17) is 22.6 Å². The molecule has 0 rings (SSSR count). The van der Waals surface area contributed by atoms with E-state index in [1.54, 1.807) is 0 Å². The number of alkyl halides is 15. The van der Waals surface area contributed by atoms with Crippen molar-refractivity contribution in [1.82, 2.24) is 0 Å². The van der Waals surface area contributed by atoms with Crippen molar-refractivity contribution in [2.75, 3.05) is 0 Å². The molecule has 0 saturated carbocycles. The molecule has 0 fully saturated rings. The first kappa shape index (κ1) is 30.5. The van der Waals surface area contributed by atoms with Gasteiger partial charge in [0.05, 0.1) is 0 Å². The van der Waals surface area contributed by atoms with Crippen LogP contribution in [-0.4, -0.2) is 70.3 Å². The van der Waals surface area contributed by atoms with Crippen molar-refractivity contribution >= 4 is 16.4 Å². The van der Waals surface area contributed by atoms with Crippen LogP contribution in [0.25, 0.3) is 0 Å². The third-order valence-electron chi connectivity index (χ3n) is 2.60. The maximum absolute atomic E-state index is 12.8. The molecule has 0 unspecified atom stereocenters. The summed E-state index contributed by atoms with van der Waals surface area (Å²) in [4.78, 5) is 9.72. The number of aliphatic carboxylic acids is 1. The van der Waals surface area contributed by atoms with Gasteiger partial charge in [-0.2, -0.15) is 74.3 Å². The Balaban J connectivity index is 0. The second-order valence-electron chi connectivity index (χ2n) is 4.70. The zero-order valence-electron chi connectivity index (χ0n) is 12.6. The van der Waals surface area contributed by atoms with Crippen LogP contribution >= 0.6 is 0 Å². The molecule has 30 heavy (non-hydrogen) atoms. The Morgan fingerprint density at radius 2 is 0.733 bits per heavy atom. The van der Waals surface area contributed by atoms with Gasteiger partial charge in [0, 0.05) is 0 Å². The number of halogens is 15. The Morgan fingerprint density at radius 1 is 0.533 bits per heavy atom. The van der Waals surface area contributed by atoms with Crippen molar-refractivity contribution in [2.24, 2.45) is 0 Å². The lowest BCUT2D eigenvalue weighted by Crippen LogP contribution is -2.73. The minimum absolute atomic E-state index is 4.28. The van der Waals surface area contributed by atoms with Crippen LogP contribution in [0.1, 0.15) is 0 Å². The van der Waals surface area contributed by atoms with Crippen LogP contribution in [0.4, 0.5) is 65.9 Å². The second kappa shape index (κ2) is 7.76. The molecular weight excluding hydrogens is 509 g/mol. The van der Waals surface area contributed by atoms with Crippen LogP contribution in [0.2, 0.25) is 0 Å². The number of carboxylic acids is 1. The van der Waals surface area contributed by atoms with E-state index in [1.165, 1.54) is 0 Å². The van der Waals surface area contributed by atoms with E-state index >= 15 is 0 Å². The zero-order valence-corrected chi connectivity index (χ0v) is 13.5. The van der Waals surface area contributed by atoms with Crippen LogP contribution in [0.3, 0.4) is 0 Å². The first-order valence-corrected chi connectivity index (χ1v) is 7.11. The molecule has 22 heteroatoms. The van der Waals surface area contributed by atoms with E-state index < -0.39 is 58.1 Å². The van der Waals surface area contributed by atoms with Crippen molar-refractivity contribution in [2.45, 2.75) is 41.7 Å². The second-order valence-corrected chi connectivity index (χ2v) is 5.59. The fourth-order valence-corrected chi connectivity index (χ4v) is 1.10. The quantitative estimate of drug-likeness (QED) is 0.369. The molecule has 0 aromatic heterocycles. The summed E-state index contributed by atoms with van der Waals surface area (Å²) >= 11 is 0. The molecule has 0 aliphatic rings. The van der Waals surface area contributed by atoms with Crippen molar-refractivity contribution < 1.29 is 93.3 Å². The highest BCUT2D eigenvalue weighted by Gasteiger charge is 2.94. The van der Waals surface area contributed by atoms with E-state index in [2.05, 4.69) is 0 Å². The Labute approximate surface area is 152 Å². The fraction of sp³-hybridized carbons (Fsp3) is 0.875. The Bertz CT molecular complexity index is 731. The number of hydrogen-bond acceptors (Lipinski definition) is 3. The molecule has 0 bridgehead atoms. The summed E-state index contributed by atoms with van der Waals surface area (Å²) in [5.41, 5.74) is 0. The van der Waals surface area contributed by atoms with E-state index in [0.717, 1.165) is 0 Å². The van der Waals surface area contributed by atoms with Gasteiger partial charge >= 0.3 is 58.1 Å². The SMILES string of the molecule is O=C(O)C(F)(F)C(F)(F)C(F)(F)C(F)(F)C(F)(F)C(F)(F)C(F)(F)F.O=S(=O)(O)O. The number of carbonyl (C=O) groups is 1. The lowest BCUT2D eigenvalue weighted by Gasteiger charge is -2.40. The highest BCUT2D eigenvalue weighted by atomic mass is 32.3. The Morgan fingerprint density at radius 3 is 0.933 bits per heavy atom. The Kier molecular flexibility index (Phi) is 7.89. The number of hydrogen-bond donors (Lipinski definition) is 3. The van der Waals surface area contributed by atoms with Crippen LogP contribution in [0.15, 0.2) is 0 Å². The number of carboxylic acid groups (broad SMARTS) is 1. The minimum Gasteiger partial charge on any atom is -0.477 e. The van der Waals surface area contributed by atoms with E-state index in [9.17, 15) is 70.7 Å². The van der Waals surface area contributed by atoms with Crippen LogP contribution < -0.4 is 0 Å². The molecule has 3 N–H and O–H groups in total. The average molecular weight is 512 g/mol. The monoisotopic (exact) mass is 512 g/mol. The summed E-state index contributed by atoms with van der Waals surface area (Å²) in [6.07, 6.45) is -7.69. The van der Waals surface area contributed by atoms with Crippen molar-refractivity contribution in [1.29, 1.82) is 0 Å². The topological polar surface area (TPSA) is 112 Å². The first-order chi connectivity index (χ1) is 12.4. The third kappa shape index (κ3) is 4.95. The highest BCUT2D eigenvalue weighted by molar-refractivity contribution is 7.79. The van der Waals surface area contributed by atoms with Gasteiger partial charge in [0.2, 0.25) is 0 Å². The van der Waals surface area contributed by atoms with Gasteiger partial charge in [-0.3, -0.25) is 9.11 Å². The van der Waals surface area contributed by atoms with Gasteiger partial charge < -0.3 is 5.11 Å². The number of rotatable bonds is 6. The molecule has 0 spiro atoms. The largest absolute Gasteiger partial charge is 0.477 e. The zero-order chi connectivity index (χ0) is 25.6. The van der Waals surface area contributed by atoms with Crippen molar-refractivity contribution in [3.63, 3.8) is 0 Å². The van der Waals surface area contributed by atoms with Gasteiger partial charge in [0.25, 0.3) is 0 Å². The van der Waals surface area contributed by atoms with Gasteiger partial charge in [0.1, 0.15) is 0 Å². The first-order valence-electron chi connectivity index (χ1n) is 5.71. The molecule has 0 aliphatic heterocycles. The summed E-state index contributed by atoms with van der Waals surface area (Å²) in [5.74, 6) is -52.8. The van der Waals surface area contributed by atoms with Crippen LogP contribution in [0, 0.1) is 0 Å². The standard InChI is InChI=1S/C8HF15O2.H2O4S/c9-2(10,1(24)25)3(11,12)4(13,14)5(15,16)6(17,18)7(19,20)8(21,22)23;1-5(2,3)4/h(H,24,25);(H2,1,2,3,4). The maximum Gasteiger partial charge on any atom is 0.460 e. The van der Waals surface area contributed by atoms with Crippen molar-refractivity contribution in [3.8, 4) is 0 Å². The summed E-state index contributed by atoms with van der Waals surface area (Å²) in [6, 6.07) is 0. The normalized spacial score (nSPS) is 15.4. The smallest absolute Gasteiger partial charge is 0.460 e. The molecule has 0 radical (unpaired) electrons. The van der Waals surface area contributed by atoms with Gasteiger partial charge in [-0.25, -0.2) is 4.79 Å². The van der Waals surface area contributed by atoms with Crippen LogP contribution in [0.5, 0.6) is 0 Å². The van der Waals surface area contributed by atoms with Crippen molar-refractivity contribution in [3.05, 3.63) is 0 Å². The van der Waals surface area contributed by atoms with E-state index in [1.807, 2.05) is 0 Å². The summed E-state index contributed by atoms with van der Waals surface area (Å²) in [5, 5.41) is 7.57. The van der Waals surface area contributed by atoms with Gasteiger partial charge in [-0.05, 0) is 0 Å².